The SMILES string of the molecule is FC(F)COCc1nn(C2CCCC2)cc1I. The lowest BCUT2D eigenvalue weighted by molar-refractivity contribution is 0.00844. The summed E-state index contributed by atoms with van der Waals surface area (Å²) in [5.41, 5.74) is 0.762. The van der Waals surface area contributed by atoms with E-state index in [1.54, 1.807) is 0 Å². The third-order valence-corrected chi connectivity index (χ3v) is 3.84. The van der Waals surface area contributed by atoms with Gasteiger partial charge in [0.15, 0.2) is 0 Å². The van der Waals surface area contributed by atoms with E-state index in [0.717, 1.165) is 22.1 Å². The minimum atomic E-state index is -2.41. The average Bonchev–Trinajstić information content (AvgIpc) is 2.87. The highest BCUT2D eigenvalue weighted by Crippen LogP contribution is 2.29. The van der Waals surface area contributed by atoms with Crippen LogP contribution < -0.4 is 0 Å². The molecule has 0 aliphatic heterocycles. The Bertz CT molecular complexity index is 364. The molecule has 0 aromatic carbocycles. The lowest BCUT2D eigenvalue weighted by atomic mass is 10.3. The monoisotopic (exact) mass is 356 g/mol. The first-order valence-corrected chi connectivity index (χ1v) is 6.84. The van der Waals surface area contributed by atoms with Gasteiger partial charge in [0.25, 0.3) is 6.43 Å². The van der Waals surface area contributed by atoms with Crippen molar-refractivity contribution in [1.29, 1.82) is 0 Å². The number of halogens is 3. The van der Waals surface area contributed by atoms with Crippen molar-refractivity contribution < 1.29 is 13.5 Å². The maximum absolute atomic E-state index is 11.9. The largest absolute Gasteiger partial charge is 0.369 e. The summed E-state index contributed by atoms with van der Waals surface area (Å²) in [6, 6.07) is 0.479. The summed E-state index contributed by atoms with van der Waals surface area (Å²) in [5, 5.41) is 4.43. The molecule has 96 valence electrons. The Morgan fingerprint density at radius 1 is 1.47 bits per heavy atom. The van der Waals surface area contributed by atoms with E-state index in [1.165, 1.54) is 12.8 Å². The molecule has 0 spiro atoms. The van der Waals surface area contributed by atoms with Crippen molar-refractivity contribution in [3.05, 3.63) is 15.5 Å². The fourth-order valence-electron chi connectivity index (χ4n) is 2.11. The molecule has 0 amide bonds. The van der Waals surface area contributed by atoms with Crippen molar-refractivity contribution in [2.24, 2.45) is 0 Å². The van der Waals surface area contributed by atoms with Crippen molar-refractivity contribution in [3.63, 3.8) is 0 Å². The van der Waals surface area contributed by atoms with Crippen LogP contribution in [0.3, 0.4) is 0 Å². The van der Waals surface area contributed by atoms with E-state index in [2.05, 4.69) is 27.7 Å². The van der Waals surface area contributed by atoms with E-state index in [0.29, 0.717) is 6.04 Å². The van der Waals surface area contributed by atoms with E-state index < -0.39 is 13.0 Å². The molecule has 1 aromatic heterocycles. The van der Waals surface area contributed by atoms with Crippen molar-refractivity contribution in [2.75, 3.05) is 6.61 Å². The lowest BCUT2D eigenvalue weighted by Gasteiger charge is -2.08. The molecule has 1 aliphatic carbocycles. The number of nitrogens with zero attached hydrogens (tertiary/aromatic N) is 2. The fraction of sp³-hybridized carbons (Fsp3) is 0.727. The molecule has 6 heteroatoms. The summed E-state index contributed by atoms with van der Waals surface area (Å²) in [5.74, 6) is 0. The second-order valence-electron chi connectivity index (χ2n) is 4.25. The number of hydrogen-bond donors (Lipinski definition) is 0. The standard InChI is InChI=1S/C11H15F2IN2O/c12-11(13)7-17-6-10-9(14)5-16(15-10)8-3-1-2-4-8/h5,8,11H,1-4,6-7H2. The van der Waals surface area contributed by atoms with Gasteiger partial charge in [-0.25, -0.2) is 8.78 Å². The van der Waals surface area contributed by atoms with Crippen molar-refractivity contribution in [2.45, 2.75) is 44.8 Å². The Balaban J connectivity index is 1.93. The predicted molar refractivity (Wildman–Crippen MR) is 68.1 cm³/mol. The third kappa shape index (κ3) is 3.61. The molecule has 0 unspecified atom stereocenters. The highest BCUT2D eigenvalue weighted by molar-refractivity contribution is 14.1. The van der Waals surface area contributed by atoms with Gasteiger partial charge in [-0.1, -0.05) is 12.8 Å². The second kappa shape index (κ2) is 6.08. The molecule has 0 atom stereocenters. The molecule has 0 bridgehead atoms. The van der Waals surface area contributed by atoms with Gasteiger partial charge in [-0.2, -0.15) is 5.10 Å². The Morgan fingerprint density at radius 3 is 2.82 bits per heavy atom. The number of ether oxygens (including phenoxy) is 1. The van der Waals surface area contributed by atoms with Crippen LogP contribution in [0, 0.1) is 3.57 Å². The van der Waals surface area contributed by atoms with Gasteiger partial charge in [0, 0.05) is 6.20 Å². The van der Waals surface area contributed by atoms with Gasteiger partial charge in [0.1, 0.15) is 12.3 Å². The number of rotatable bonds is 5. The van der Waals surface area contributed by atoms with Crippen LogP contribution in [0.2, 0.25) is 0 Å². The van der Waals surface area contributed by atoms with Gasteiger partial charge in [0.2, 0.25) is 0 Å². The fourth-order valence-corrected chi connectivity index (χ4v) is 2.65. The topological polar surface area (TPSA) is 27.1 Å². The summed E-state index contributed by atoms with van der Waals surface area (Å²) >= 11 is 2.17. The maximum atomic E-state index is 11.9. The summed E-state index contributed by atoms with van der Waals surface area (Å²) in [4.78, 5) is 0. The first-order chi connectivity index (χ1) is 8.16. The predicted octanol–water partition coefficient (Wildman–Crippen LogP) is 3.38. The lowest BCUT2D eigenvalue weighted by Crippen LogP contribution is -2.07. The number of hydrogen-bond acceptors (Lipinski definition) is 2. The molecule has 17 heavy (non-hydrogen) atoms. The molecule has 1 saturated carbocycles. The zero-order valence-electron chi connectivity index (χ0n) is 9.41. The number of aromatic nitrogens is 2. The van der Waals surface area contributed by atoms with Crippen LogP contribution in [0.25, 0.3) is 0 Å². The van der Waals surface area contributed by atoms with Gasteiger partial charge >= 0.3 is 0 Å². The summed E-state index contributed by atoms with van der Waals surface area (Å²) in [7, 11) is 0. The van der Waals surface area contributed by atoms with Gasteiger partial charge in [0.05, 0.1) is 16.2 Å². The van der Waals surface area contributed by atoms with Crippen LogP contribution in [0.5, 0.6) is 0 Å². The first-order valence-electron chi connectivity index (χ1n) is 5.76. The van der Waals surface area contributed by atoms with Crippen LogP contribution in [-0.2, 0) is 11.3 Å². The molecular formula is C11H15F2IN2O. The van der Waals surface area contributed by atoms with E-state index in [-0.39, 0.29) is 6.61 Å². The van der Waals surface area contributed by atoms with E-state index in [9.17, 15) is 8.78 Å². The molecule has 3 nitrogen and oxygen atoms in total. The van der Waals surface area contributed by atoms with Crippen molar-refractivity contribution >= 4 is 22.6 Å². The summed E-state index contributed by atoms with van der Waals surface area (Å²) < 4.78 is 31.7. The van der Waals surface area contributed by atoms with Crippen LogP contribution in [0.1, 0.15) is 37.4 Å². The molecule has 1 aromatic rings. The number of alkyl halides is 2. The normalized spacial score (nSPS) is 17.2. The molecule has 0 saturated heterocycles. The minimum Gasteiger partial charge on any atom is -0.369 e. The maximum Gasteiger partial charge on any atom is 0.261 e. The smallest absolute Gasteiger partial charge is 0.261 e. The molecule has 0 N–H and O–H groups in total. The molecular weight excluding hydrogens is 341 g/mol. The Labute approximate surface area is 113 Å². The molecule has 0 radical (unpaired) electrons. The molecule has 1 fully saturated rings. The molecule has 2 rings (SSSR count). The van der Waals surface area contributed by atoms with Gasteiger partial charge in [-0.15, -0.1) is 0 Å². The zero-order valence-corrected chi connectivity index (χ0v) is 11.6. The van der Waals surface area contributed by atoms with E-state index in [1.807, 2.05) is 10.9 Å². The van der Waals surface area contributed by atoms with Crippen LogP contribution in [-0.4, -0.2) is 22.8 Å². The Hall–Kier alpha value is -0.240. The van der Waals surface area contributed by atoms with Gasteiger partial charge in [-0.05, 0) is 35.4 Å². The van der Waals surface area contributed by atoms with Gasteiger partial charge < -0.3 is 4.74 Å². The minimum absolute atomic E-state index is 0.169. The van der Waals surface area contributed by atoms with Crippen molar-refractivity contribution in [1.82, 2.24) is 9.78 Å². The van der Waals surface area contributed by atoms with Crippen molar-refractivity contribution in [3.8, 4) is 0 Å². The van der Waals surface area contributed by atoms with Gasteiger partial charge in [-0.3, -0.25) is 4.68 Å². The molecule has 1 heterocycles. The highest BCUT2D eigenvalue weighted by atomic mass is 127. The van der Waals surface area contributed by atoms with Crippen LogP contribution in [0.15, 0.2) is 6.20 Å². The van der Waals surface area contributed by atoms with E-state index >= 15 is 0 Å². The van der Waals surface area contributed by atoms with Crippen LogP contribution >= 0.6 is 22.6 Å². The Morgan fingerprint density at radius 2 is 2.18 bits per heavy atom. The molecule has 1 aliphatic rings. The average molecular weight is 356 g/mol. The third-order valence-electron chi connectivity index (χ3n) is 2.94. The zero-order chi connectivity index (χ0) is 12.3. The Kier molecular flexibility index (Phi) is 4.72. The second-order valence-corrected chi connectivity index (χ2v) is 5.41. The summed E-state index contributed by atoms with van der Waals surface area (Å²) in [6.07, 6.45) is 4.39. The quantitative estimate of drug-likeness (QED) is 0.757. The van der Waals surface area contributed by atoms with Crippen LogP contribution in [0.4, 0.5) is 8.78 Å². The first kappa shape index (κ1) is 13.2. The highest BCUT2D eigenvalue weighted by Gasteiger charge is 2.19. The summed E-state index contributed by atoms with van der Waals surface area (Å²) in [6.45, 7) is -0.352. The van der Waals surface area contributed by atoms with E-state index in [4.69, 9.17) is 4.74 Å².